The second-order valence-corrected chi connectivity index (χ2v) is 8.48. The summed E-state index contributed by atoms with van der Waals surface area (Å²) in [6.45, 7) is 5.50. The average Bonchev–Trinajstić information content (AvgIpc) is 2.74. The molecular weight excluding hydrogens is 360 g/mol. The van der Waals surface area contributed by atoms with Crippen LogP contribution in [-0.4, -0.2) is 43.4 Å². The molecular formula is C21H30N2O5. The van der Waals surface area contributed by atoms with Crippen LogP contribution in [0.4, 0.5) is 10.5 Å². The highest BCUT2D eigenvalue weighted by molar-refractivity contribution is 5.99. The van der Waals surface area contributed by atoms with E-state index in [2.05, 4.69) is 5.32 Å². The first kappa shape index (κ1) is 20.3. The molecule has 1 aromatic carbocycles. The van der Waals surface area contributed by atoms with Crippen LogP contribution in [0.1, 0.15) is 52.9 Å². The quantitative estimate of drug-likeness (QED) is 0.853. The molecule has 1 fully saturated rings. The van der Waals surface area contributed by atoms with Gasteiger partial charge in [0.25, 0.3) is 5.91 Å². The van der Waals surface area contributed by atoms with Gasteiger partial charge in [-0.15, -0.1) is 0 Å². The van der Waals surface area contributed by atoms with Gasteiger partial charge in [0.05, 0.1) is 11.8 Å². The number of alkyl carbamates (subject to hydrolysis) is 1. The molecule has 0 bridgehead atoms. The third-order valence-corrected chi connectivity index (χ3v) is 4.87. The molecule has 154 valence electrons. The van der Waals surface area contributed by atoms with Crippen LogP contribution in [0.2, 0.25) is 0 Å². The molecule has 1 heterocycles. The van der Waals surface area contributed by atoms with Gasteiger partial charge in [-0.25, -0.2) is 4.79 Å². The van der Waals surface area contributed by atoms with Crippen LogP contribution in [0.3, 0.4) is 0 Å². The van der Waals surface area contributed by atoms with Crippen LogP contribution in [0.15, 0.2) is 18.2 Å². The Morgan fingerprint density at radius 1 is 1.21 bits per heavy atom. The lowest BCUT2D eigenvalue weighted by molar-refractivity contribution is -0.127. The summed E-state index contributed by atoms with van der Waals surface area (Å²) in [5, 5.41) is 2.69. The Hall–Kier alpha value is -2.44. The minimum Gasteiger partial charge on any atom is -0.490 e. The van der Waals surface area contributed by atoms with Crippen molar-refractivity contribution in [3.8, 4) is 11.5 Å². The van der Waals surface area contributed by atoms with Gasteiger partial charge in [-0.2, -0.15) is 0 Å². The molecule has 3 rings (SSSR count). The van der Waals surface area contributed by atoms with Crippen molar-refractivity contribution in [1.82, 2.24) is 5.32 Å². The number of benzene rings is 1. The van der Waals surface area contributed by atoms with Gasteiger partial charge in [0.2, 0.25) is 6.10 Å². The third-order valence-electron chi connectivity index (χ3n) is 4.87. The predicted molar refractivity (Wildman–Crippen MR) is 106 cm³/mol. The van der Waals surface area contributed by atoms with Crippen molar-refractivity contribution in [2.24, 2.45) is 0 Å². The van der Waals surface area contributed by atoms with E-state index in [0.717, 1.165) is 18.6 Å². The first-order chi connectivity index (χ1) is 13.2. The van der Waals surface area contributed by atoms with E-state index in [1.54, 1.807) is 13.1 Å². The van der Waals surface area contributed by atoms with Gasteiger partial charge in [0.15, 0.2) is 0 Å². The van der Waals surface area contributed by atoms with Crippen molar-refractivity contribution >= 4 is 17.7 Å². The van der Waals surface area contributed by atoms with Crippen LogP contribution in [0.5, 0.6) is 11.5 Å². The lowest BCUT2D eigenvalue weighted by atomic mass is 9.98. The van der Waals surface area contributed by atoms with Gasteiger partial charge in [-0.3, -0.25) is 4.79 Å². The summed E-state index contributed by atoms with van der Waals surface area (Å²) < 4.78 is 17.2. The zero-order chi connectivity index (χ0) is 20.3. The first-order valence-corrected chi connectivity index (χ1v) is 9.93. The maximum atomic E-state index is 12.8. The number of rotatable bonds is 3. The highest BCUT2D eigenvalue weighted by Crippen LogP contribution is 2.35. The summed E-state index contributed by atoms with van der Waals surface area (Å²) in [7, 11) is 1.65. The average molecular weight is 390 g/mol. The molecule has 28 heavy (non-hydrogen) atoms. The highest BCUT2D eigenvalue weighted by atomic mass is 16.6. The van der Waals surface area contributed by atoms with Crippen molar-refractivity contribution in [2.45, 2.75) is 70.6 Å². The summed E-state index contributed by atoms with van der Waals surface area (Å²) in [5.41, 5.74) is 0.159. The summed E-state index contributed by atoms with van der Waals surface area (Å²) in [4.78, 5) is 26.3. The molecule has 0 spiro atoms. The number of likely N-dealkylation sites (N-methyl/N-ethyl adjacent to an activating group) is 1. The predicted octanol–water partition coefficient (Wildman–Crippen LogP) is 3.65. The Bertz CT molecular complexity index is 722. The van der Waals surface area contributed by atoms with E-state index in [1.807, 2.05) is 32.9 Å². The number of nitrogens with zero attached hydrogens (tertiary/aromatic N) is 1. The highest BCUT2D eigenvalue weighted by Gasteiger charge is 2.33. The Balaban J connectivity index is 1.70. The standard InChI is InChI=1S/C21H30N2O5/c1-21(2,3)22-20(25)28-18-13-26-17-11-10-15(12-16(17)23(4)19(18)24)27-14-8-6-5-7-9-14/h10-12,14,18H,5-9,13H2,1-4H3,(H,22,25)/t18-/m0/s1. The second-order valence-electron chi connectivity index (χ2n) is 8.48. The Kier molecular flexibility index (Phi) is 6.01. The molecule has 0 aromatic heterocycles. The molecule has 7 nitrogen and oxygen atoms in total. The lowest BCUT2D eigenvalue weighted by Crippen LogP contribution is -2.46. The van der Waals surface area contributed by atoms with Crippen molar-refractivity contribution in [1.29, 1.82) is 0 Å². The molecule has 2 aliphatic rings. The van der Waals surface area contributed by atoms with Crippen LogP contribution >= 0.6 is 0 Å². The Labute approximate surface area is 166 Å². The largest absolute Gasteiger partial charge is 0.490 e. The molecule has 0 saturated heterocycles. The fourth-order valence-corrected chi connectivity index (χ4v) is 3.45. The number of anilines is 1. The lowest BCUT2D eigenvalue weighted by Gasteiger charge is -2.25. The normalized spacial score (nSPS) is 20.6. The topological polar surface area (TPSA) is 77.1 Å². The van der Waals surface area contributed by atoms with Crippen LogP contribution in [0.25, 0.3) is 0 Å². The van der Waals surface area contributed by atoms with Gasteiger partial charge in [0, 0.05) is 18.7 Å². The van der Waals surface area contributed by atoms with Crippen molar-refractivity contribution in [2.75, 3.05) is 18.6 Å². The van der Waals surface area contributed by atoms with Crippen molar-refractivity contribution in [3.05, 3.63) is 18.2 Å². The van der Waals surface area contributed by atoms with E-state index in [4.69, 9.17) is 14.2 Å². The Morgan fingerprint density at radius 2 is 1.93 bits per heavy atom. The van der Waals surface area contributed by atoms with E-state index < -0.39 is 17.7 Å². The number of carbonyl (C=O) groups excluding carboxylic acids is 2. The fraction of sp³-hybridized carbons (Fsp3) is 0.619. The van der Waals surface area contributed by atoms with E-state index in [-0.39, 0.29) is 18.6 Å². The number of amides is 2. The first-order valence-electron chi connectivity index (χ1n) is 9.93. The third kappa shape index (κ3) is 5.09. The monoisotopic (exact) mass is 390 g/mol. The SMILES string of the molecule is CN1C(=O)[C@@H](OC(=O)NC(C)(C)C)COc2ccc(OC3CCCCC3)cc21. The van der Waals surface area contributed by atoms with E-state index in [0.29, 0.717) is 11.4 Å². The molecule has 1 saturated carbocycles. The molecule has 1 atom stereocenters. The number of hydrogen-bond donors (Lipinski definition) is 1. The molecule has 1 aliphatic heterocycles. The number of nitrogens with one attached hydrogen (secondary N) is 1. The van der Waals surface area contributed by atoms with E-state index >= 15 is 0 Å². The van der Waals surface area contributed by atoms with Gasteiger partial charge >= 0.3 is 6.09 Å². The summed E-state index contributed by atoms with van der Waals surface area (Å²) in [6.07, 6.45) is 4.32. The number of fused-ring (bicyclic) bond motifs is 1. The van der Waals surface area contributed by atoms with Crippen molar-refractivity contribution < 1.29 is 23.8 Å². The zero-order valence-corrected chi connectivity index (χ0v) is 17.1. The molecule has 1 aromatic rings. The van der Waals surface area contributed by atoms with Gasteiger partial charge in [0.1, 0.15) is 18.1 Å². The zero-order valence-electron chi connectivity index (χ0n) is 17.1. The molecule has 1 aliphatic carbocycles. The summed E-state index contributed by atoms with van der Waals surface area (Å²) >= 11 is 0. The molecule has 0 radical (unpaired) electrons. The summed E-state index contributed by atoms with van der Waals surface area (Å²) in [6, 6.07) is 5.48. The number of carbonyl (C=O) groups is 2. The van der Waals surface area contributed by atoms with Gasteiger partial charge in [-0.05, 0) is 58.6 Å². The fourth-order valence-electron chi connectivity index (χ4n) is 3.45. The van der Waals surface area contributed by atoms with Gasteiger partial charge < -0.3 is 24.4 Å². The Morgan fingerprint density at radius 3 is 2.61 bits per heavy atom. The maximum Gasteiger partial charge on any atom is 0.408 e. The molecule has 2 amide bonds. The van der Waals surface area contributed by atoms with Gasteiger partial charge in [-0.1, -0.05) is 6.42 Å². The second kappa shape index (κ2) is 8.29. The maximum absolute atomic E-state index is 12.8. The van der Waals surface area contributed by atoms with Crippen LogP contribution in [-0.2, 0) is 9.53 Å². The van der Waals surface area contributed by atoms with E-state index in [9.17, 15) is 9.59 Å². The van der Waals surface area contributed by atoms with Crippen LogP contribution < -0.4 is 19.7 Å². The van der Waals surface area contributed by atoms with Crippen LogP contribution in [0, 0.1) is 0 Å². The number of hydrogen-bond acceptors (Lipinski definition) is 5. The molecule has 1 N–H and O–H groups in total. The van der Waals surface area contributed by atoms with Crippen molar-refractivity contribution in [3.63, 3.8) is 0 Å². The summed E-state index contributed by atoms with van der Waals surface area (Å²) in [5.74, 6) is 0.950. The minimum absolute atomic E-state index is 0.0312. The molecule has 7 heteroatoms. The number of ether oxygens (including phenoxy) is 3. The minimum atomic E-state index is -1.01. The smallest absolute Gasteiger partial charge is 0.408 e. The molecule has 0 unspecified atom stereocenters. The van der Waals surface area contributed by atoms with E-state index in [1.165, 1.54) is 24.2 Å².